The van der Waals surface area contributed by atoms with Gasteiger partial charge in [-0.1, -0.05) is 12.1 Å². The Morgan fingerprint density at radius 3 is 2.16 bits per heavy atom. The Kier molecular flexibility index (Phi) is 4.61. The van der Waals surface area contributed by atoms with Crippen LogP contribution < -0.4 is 5.32 Å². The zero-order valence-electron chi connectivity index (χ0n) is 14.9. The van der Waals surface area contributed by atoms with Gasteiger partial charge in [-0.05, 0) is 57.5 Å². The van der Waals surface area contributed by atoms with Gasteiger partial charge in [0.1, 0.15) is 0 Å². The first-order chi connectivity index (χ1) is 11.9. The van der Waals surface area contributed by atoms with Gasteiger partial charge in [-0.25, -0.2) is 9.97 Å². The standard InChI is InChI=1S/C19H21N5O/c1-12-9-13(2)21-19(20-12)22-18(25)17-7-5-16(6-8-17)11-24-15(4)10-14(3)23-24/h5-10H,11H2,1-4H3,(H,20,21,22,25). The van der Waals surface area contributed by atoms with Crippen molar-refractivity contribution < 1.29 is 4.79 Å². The lowest BCUT2D eigenvalue weighted by atomic mass is 10.1. The molecule has 0 aliphatic carbocycles. The molecule has 0 radical (unpaired) electrons. The lowest BCUT2D eigenvalue weighted by molar-refractivity contribution is 0.102. The number of anilines is 1. The predicted octanol–water partition coefficient (Wildman–Crippen LogP) is 3.21. The Morgan fingerprint density at radius 2 is 1.60 bits per heavy atom. The number of carbonyl (C=O) groups is 1. The van der Waals surface area contributed by atoms with Crippen molar-refractivity contribution in [3.8, 4) is 0 Å². The van der Waals surface area contributed by atoms with Crippen molar-refractivity contribution in [2.45, 2.75) is 34.2 Å². The lowest BCUT2D eigenvalue weighted by Crippen LogP contribution is -2.15. The fourth-order valence-electron chi connectivity index (χ4n) is 2.73. The van der Waals surface area contributed by atoms with Crippen molar-refractivity contribution in [1.29, 1.82) is 0 Å². The van der Waals surface area contributed by atoms with Crippen LogP contribution in [0.5, 0.6) is 0 Å². The molecule has 6 nitrogen and oxygen atoms in total. The number of amides is 1. The highest BCUT2D eigenvalue weighted by Gasteiger charge is 2.09. The molecule has 0 saturated heterocycles. The zero-order valence-corrected chi connectivity index (χ0v) is 14.9. The highest BCUT2D eigenvalue weighted by molar-refractivity contribution is 6.03. The summed E-state index contributed by atoms with van der Waals surface area (Å²) in [7, 11) is 0. The number of aryl methyl sites for hydroxylation is 4. The van der Waals surface area contributed by atoms with E-state index in [0.717, 1.165) is 28.3 Å². The number of hydrogen-bond acceptors (Lipinski definition) is 4. The minimum Gasteiger partial charge on any atom is -0.290 e. The van der Waals surface area contributed by atoms with Crippen molar-refractivity contribution in [2.75, 3.05) is 5.32 Å². The molecule has 0 atom stereocenters. The van der Waals surface area contributed by atoms with E-state index in [1.807, 2.05) is 56.6 Å². The first kappa shape index (κ1) is 16.8. The average Bonchev–Trinajstić information content (AvgIpc) is 2.84. The van der Waals surface area contributed by atoms with Gasteiger partial charge in [-0.2, -0.15) is 5.10 Å². The van der Waals surface area contributed by atoms with Gasteiger partial charge in [0.25, 0.3) is 5.91 Å². The number of hydrogen-bond donors (Lipinski definition) is 1. The van der Waals surface area contributed by atoms with Crippen LogP contribution in [0.4, 0.5) is 5.95 Å². The molecule has 3 rings (SSSR count). The lowest BCUT2D eigenvalue weighted by Gasteiger charge is -2.07. The van der Waals surface area contributed by atoms with E-state index < -0.39 is 0 Å². The Morgan fingerprint density at radius 1 is 0.960 bits per heavy atom. The van der Waals surface area contributed by atoms with Crippen LogP contribution in [-0.2, 0) is 6.54 Å². The van der Waals surface area contributed by atoms with Crippen LogP contribution in [0.15, 0.2) is 36.4 Å². The van der Waals surface area contributed by atoms with Gasteiger partial charge in [-0.15, -0.1) is 0 Å². The quantitative estimate of drug-likeness (QED) is 0.794. The Bertz CT molecular complexity index is 892. The molecular formula is C19H21N5O. The summed E-state index contributed by atoms with van der Waals surface area (Å²) in [6.07, 6.45) is 0. The second-order valence-electron chi connectivity index (χ2n) is 6.21. The minimum atomic E-state index is -0.220. The maximum atomic E-state index is 12.4. The van der Waals surface area contributed by atoms with E-state index in [1.54, 1.807) is 12.1 Å². The fourth-order valence-corrected chi connectivity index (χ4v) is 2.73. The maximum Gasteiger partial charge on any atom is 0.258 e. The number of carbonyl (C=O) groups excluding carboxylic acids is 1. The summed E-state index contributed by atoms with van der Waals surface area (Å²) in [6.45, 7) is 8.44. The third-order valence-corrected chi connectivity index (χ3v) is 3.86. The fraction of sp³-hybridized carbons (Fsp3) is 0.263. The van der Waals surface area contributed by atoms with Gasteiger partial charge in [0.05, 0.1) is 12.2 Å². The molecule has 0 spiro atoms. The molecule has 25 heavy (non-hydrogen) atoms. The van der Waals surface area contributed by atoms with E-state index in [-0.39, 0.29) is 5.91 Å². The number of aromatic nitrogens is 4. The molecular weight excluding hydrogens is 314 g/mol. The smallest absolute Gasteiger partial charge is 0.258 e. The molecule has 1 amide bonds. The highest BCUT2D eigenvalue weighted by atomic mass is 16.1. The molecule has 6 heteroatoms. The van der Waals surface area contributed by atoms with Gasteiger partial charge >= 0.3 is 0 Å². The monoisotopic (exact) mass is 335 g/mol. The molecule has 1 N–H and O–H groups in total. The van der Waals surface area contributed by atoms with Crippen LogP contribution in [0.1, 0.15) is 38.7 Å². The molecule has 3 aromatic rings. The zero-order chi connectivity index (χ0) is 18.0. The summed E-state index contributed by atoms with van der Waals surface area (Å²) < 4.78 is 1.95. The van der Waals surface area contributed by atoms with E-state index in [4.69, 9.17) is 0 Å². The molecule has 2 heterocycles. The van der Waals surface area contributed by atoms with E-state index in [1.165, 1.54) is 0 Å². The van der Waals surface area contributed by atoms with Crippen LogP contribution in [0, 0.1) is 27.7 Å². The summed E-state index contributed by atoms with van der Waals surface area (Å²) in [5, 5.41) is 7.20. The van der Waals surface area contributed by atoms with E-state index in [9.17, 15) is 4.79 Å². The topological polar surface area (TPSA) is 72.7 Å². The molecule has 0 bridgehead atoms. The van der Waals surface area contributed by atoms with Crippen molar-refractivity contribution in [3.05, 3.63) is 70.3 Å². The van der Waals surface area contributed by atoms with Crippen LogP contribution in [-0.4, -0.2) is 25.7 Å². The predicted molar refractivity (Wildman–Crippen MR) is 96.7 cm³/mol. The van der Waals surface area contributed by atoms with E-state index >= 15 is 0 Å². The van der Waals surface area contributed by atoms with Gasteiger partial charge < -0.3 is 0 Å². The maximum absolute atomic E-state index is 12.4. The summed E-state index contributed by atoms with van der Waals surface area (Å²) in [5.41, 5.74) is 5.42. The van der Waals surface area contributed by atoms with E-state index in [2.05, 4.69) is 20.4 Å². The molecule has 0 aliphatic rings. The Balaban J connectivity index is 1.71. The normalized spacial score (nSPS) is 10.7. The van der Waals surface area contributed by atoms with Gasteiger partial charge in [0.2, 0.25) is 5.95 Å². The first-order valence-corrected chi connectivity index (χ1v) is 8.14. The van der Waals surface area contributed by atoms with Crippen molar-refractivity contribution >= 4 is 11.9 Å². The summed E-state index contributed by atoms with van der Waals surface area (Å²) in [6, 6.07) is 11.4. The first-order valence-electron chi connectivity index (χ1n) is 8.14. The van der Waals surface area contributed by atoms with Crippen molar-refractivity contribution in [1.82, 2.24) is 19.7 Å². The molecule has 0 fully saturated rings. The van der Waals surface area contributed by atoms with E-state index in [0.29, 0.717) is 18.1 Å². The molecule has 2 aromatic heterocycles. The second kappa shape index (κ2) is 6.84. The van der Waals surface area contributed by atoms with Crippen LogP contribution in [0.25, 0.3) is 0 Å². The largest absolute Gasteiger partial charge is 0.290 e. The van der Waals surface area contributed by atoms with Crippen LogP contribution in [0.2, 0.25) is 0 Å². The molecule has 0 saturated carbocycles. The van der Waals surface area contributed by atoms with Gasteiger partial charge in [-0.3, -0.25) is 14.8 Å². The minimum absolute atomic E-state index is 0.220. The molecule has 0 aliphatic heterocycles. The summed E-state index contributed by atoms with van der Waals surface area (Å²) >= 11 is 0. The third-order valence-electron chi connectivity index (χ3n) is 3.86. The third kappa shape index (κ3) is 4.09. The Labute approximate surface area is 146 Å². The molecule has 0 unspecified atom stereocenters. The molecule has 1 aromatic carbocycles. The van der Waals surface area contributed by atoms with Crippen LogP contribution in [0.3, 0.4) is 0 Å². The summed E-state index contributed by atoms with van der Waals surface area (Å²) in [5.74, 6) is 0.108. The van der Waals surface area contributed by atoms with Gasteiger partial charge in [0.15, 0.2) is 0 Å². The number of nitrogens with zero attached hydrogens (tertiary/aromatic N) is 4. The average molecular weight is 335 g/mol. The van der Waals surface area contributed by atoms with Crippen molar-refractivity contribution in [3.63, 3.8) is 0 Å². The number of benzene rings is 1. The summed E-state index contributed by atoms with van der Waals surface area (Å²) in [4.78, 5) is 20.8. The highest BCUT2D eigenvalue weighted by Crippen LogP contribution is 2.11. The second-order valence-corrected chi connectivity index (χ2v) is 6.21. The van der Waals surface area contributed by atoms with Crippen molar-refractivity contribution in [2.24, 2.45) is 0 Å². The van der Waals surface area contributed by atoms with Gasteiger partial charge in [0, 0.05) is 22.6 Å². The SMILES string of the molecule is Cc1cc(C)nc(NC(=O)c2ccc(Cn3nc(C)cc3C)cc2)n1. The Hall–Kier alpha value is -3.02. The number of nitrogens with one attached hydrogen (secondary N) is 1. The van der Waals surface area contributed by atoms with Crippen LogP contribution >= 0.6 is 0 Å². The number of rotatable bonds is 4. The molecule has 128 valence electrons.